The third kappa shape index (κ3) is 7.68. The molecule has 1 saturated heterocycles. The Hall–Kier alpha value is -3.81. The highest BCUT2D eigenvalue weighted by atomic mass is 35.5. The molecule has 1 fully saturated rings. The maximum absolute atomic E-state index is 15.3. The molecule has 4 aromatic carbocycles. The SMILES string of the molecule is C[C@@H]1CNC[C@H](CCc2c(F)cccc2NC(=O)[C@@H](N)C(c2ccc(F)cc2)c2cc(F)cc(F)c2)N1S(=O)(=O)c1ccccc1Cl. The smallest absolute Gasteiger partial charge is 0.245 e. The summed E-state index contributed by atoms with van der Waals surface area (Å²) in [6, 6.07) is 15.6. The Morgan fingerprint density at radius 3 is 2.30 bits per heavy atom. The van der Waals surface area contributed by atoms with Gasteiger partial charge in [-0.3, -0.25) is 4.79 Å². The molecule has 0 aromatic heterocycles. The summed E-state index contributed by atoms with van der Waals surface area (Å²) >= 11 is 6.26. The molecule has 4 atom stereocenters. The van der Waals surface area contributed by atoms with E-state index in [4.69, 9.17) is 17.3 Å². The van der Waals surface area contributed by atoms with E-state index in [2.05, 4.69) is 10.6 Å². The fourth-order valence-corrected chi connectivity index (χ4v) is 8.41. The van der Waals surface area contributed by atoms with Crippen LogP contribution < -0.4 is 16.4 Å². The van der Waals surface area contributed by atoms with Crippen LogP contribution in [0.3, 0.4) is 0 Å². The number of benzene rings is 4. The number of rotatable bonds is 10. The van der Waals surface area contributed by atoms with Gasteiger partial charge in [0.15, 0.2) is 0 Å². The van der Waals surface area contributed by atoms with E-state index in [1.165, 1.54) is 46.8 Å². The number of carbonyl (C=O) groups excluding carboxylic acids is 1. The molecule has 0 aliphatic carbocycles. The van der Waals surface area contributed by atoms with Crippen molar-refractivity contribution in [3.05, 3.63) is 130 Å². The number of nitrogens with zero attached hydrogens (tertiary/aromatic N) is 1. The van der Waals surface area contributed by atoms with Crippen molar-refractivity contribution in [2.24, 2.45) is 5.73 Å². The first kappa shape index (κ1) is 34.5. The van der Waals surface area contributed by atoms with Crippen molar-refractivity contribution in [1.29, 1.82) is 0 Å². The Balaban J connectivity index is 1.40. The van der Waals surface area contributed by atoms with Crippen LogP contribution in [-0.2, 0) is 21.2 Å². The topological polar surface area (TPSA) is 105 Å². The molecule has 248 valence electrons. The van der Waals surface area contributed by atoms with Crippen LogP contribution in [0.15, 0.2) is 89.8 Å². The highest BCUT2D eigenvalue weighted by Crippen LogP contribution is 2.32. The molecule has 1 unspecified atom stereocenters. The molecule has 1 aliphatic heterocycles. The van der Waals surface area contributed by atoms with Crippen molar-refractivity contribution in [3.63, 3.8) is 0 Å². The Kier molecular flexibility index (Phi) is 10.7. The van der Waals surface area contributed by atoms with E-state index in [9.17, 15) is 26.4 Å². The summed E-state index contributed by atoms with van der Waals surface area (Å²) in [5.74, 6) is -4.83. The second-order valence-corrected chi connectivity index (χ2v) is 13.7. The van der Waals surface area contributed by atoms with Crippen molar-refractivity contribution in [3.8, 4) is 0 Å². The molecule has 0 saturated carbocycles. The normalized spacial score (nSPS) is 18.4. The standard InChI is InChI=1S/C34H33ClF4N4O3S/c1-20-18-41-19-26(43(20)47(45,46)31-8-3-2-5-28(31)35)13-14-27-29(39)6-4-7-30(27)42-34(44)33(40)32(21-9-11-23(36)12-10-21)22-15-24(37)17-25(38)16-22/h2-12,15-17,20,26,32-33,41H,13-14,18-19,40H2,1H3,(H,42,44)/t20-,26+,32?,33+/m1/s1. The molecule has 1 heterocycles. The Labute approximate surface area is 275 Å². The maximum atomic E-state index is 15.3. The van der Waals surface area contributed by atoms with E-state index < -0.39 is 63.2 Å². The minimum Gasteiger partial charge on any atom is -0.324 e. The predicted molar refractivity (Wildman–Crippen MR) is 173 cm³/mol. The van der Waals surface area contributed by atoms with E-state index in [1.54, 1.807) is 19.1 Å². The zero-order chi connectivity index (χ0) is 33.9. The Bertz CT molecular complexity index is 1840. The van der Waals surface area contributed by atoms with E-state index >= 15 is 4.39 Å². The molecule has 0 bridgehead atoms. The van der Waals surface area contributed by atoms with Crippen molar-refractivity contribution >= 4 is 33.2 Å². The number of amides is 1. The first-order valence-corrected chi connectivity index (χ1v) is 16.7. The molecule has 7 nitrogen and oxygen atoms in total. The quantitative estimate of drug-likeness (QED) is 0.178. The lowest BCUT2D eigenvalue weighted by Crippen LogP contribution is -2.58. The molecule has 0 radical (unpaired) electrons. The molecule has 4 N–H and O–H groups in total. The van der Waals surface area contributed by atoms with Gasteiger partial charge in [-0.2, -0.15) is 4.31 Å². The van der Waals surface area contributed by atoms with Gasteiger partial charge in [0.2, 0.25) is 15.9 Å². The van der Waals surface area contributed by atoms with Gasteiger partial charge in [-0.15, -0.1) is 0 Å². The summed E-state index contributed by atoms with van der Waals surface area (Å²) in [4.78, 5) is 13.6. The van der Waals surface area contributed by atoms with Crippen LogP contribution in [0.1, 0.15) is 36.0 Å². The maximum Gasteiger partial charge on any atom is 0.245 e. The van der Waals surface area contributed by atoms with Crippen LogP contribution in [0.5, 0.6) is 0 Å². The van der Waals surface area contributed by atoms with Crippen molar-refractivity contribution in [2.45, 2.75) is 48.7 Å². The lowest BCUT2D eigenvalue weighted by atomic mass is 9.84. The van der Waals surface area contributed by atoms with Crippen LogP contribution in [0.2, 0.25) is 5.02 Å². The second kappa shape index (κ2) is 14.5. The van der Waals surface area contributed by atoms with Crippen LogP contribution >= 0.6 is 11.6 Å². The minimum atomic E-state index is -4.01. The van der Waals surface area contributed by atoms with Gasteiger partial charge in [-0.25, -0.2) is 26.0 Å². The highest BCUT2D eigenvalue weighted by Gasteiger charge is 2.39. The second-order valence-electron chi connectivity index (χ2n) is 11.5. The fraction of sp³-hybridized carbons (Fsp3) is 0.265. The molecule has 13 heteroatoms. The average Bonchev–Trinajstić information content (AvgIpc) is 3.01. The molecule has 4 aromatic rings. The summed E-state index contributed by atoms with van der Waals surface area (Å²) < 4.78 is 86.4. The molecule has 0 spiro atoms. The fourth-order valence-electron chi connectivity index (χ4n) is 6.07. The number of anilines is 1. The third-order valence-corrected chi connectivity index (χ3v) is 10.8. The van der Waals surface area contributed by atoms with E-state index in [1.807, 2.05) is 0 Å². The number of halogens is 5. The van der Waals surface area contributed by atoms with Crippen molar-refractivity contribution in [2.75, 3.05) is 18.4 Å². The van der Waals surface area contributed by atoms with Gasteiger partial charge in [0.05, 0.1) is 11.1 Å². The Morgan fingerprint density at radius 2 is 1.62 bits per heavy atom. The van der Waals surface area contributed by atoms with Gasteiger partial charge in [0.25, 0.3) is 0 Å². The van der Waals surface area contributed by atoms with Crippen molar-refractivity contribution in [1.82, 2.24) is 9.62 Å². The number of hydrogen-bond donors (Lipinski definition) is 3. The number of hydrogen-bond acceptors (Lipinski definition) is 5. The summed E-state index contributed by atoms with van der Waals surface area (Å²) in [7, 11) is -4.01. The van der Waals surface area contributed by atoms with Crippen LogP contribution in [0.4, 0.5) is 23.2 Å². The highest BCUT2D eigenvalue weighted by molar-refractivity contribution is 7.89. The monoisotopic (exact) mass is 688 g/mol. The third-order valence-electron chi connectivity index (χ3n) is 8.25. The predicted octanol–water partition coefficient (Wildman–Crippen LogP) is 5.98. The largest absolute Gasteiger partial charge is 0.324 e. The summed E-state index contributed by atoms with van der Waals surface area (Å²) in [6.45, 7) is 2.48. The minimum absolute atomic E-state index is 0.0258. The summed E-state index contributed by atoms with van der Waals surface area (Å²) in [5, 5.41) is 5.97. The van der Waals surface area contributed by atoms with E-state index in [-0.39, 0.29) is 39.6 Å². The number of sulfonamides is 1. The molecule has 1 amide bonds. The van der Waals surface area contributed by atoms with Gasteiger partial charge in [0, 0.05) is 48.4 Å². The molecular weight excluding hydrogens is 656 g/mol. The molecule has 47 heavy (non-hydrogen) atoms. The molecule has 5 rings (SSSR count). The first-order valence-electron chi connectivity index (χ1n) is 14.9. The molecule has 1 aliphatic rings. The number of nitrogens with two attached hydrogens (primary N) is 1. The Morgan fingerprint density at radius 1 is 0.936 bits per heavy atom. The zero-order valence-electron chi connectivity index (χ0n) is 25.3. The van der Waals surface area contributed by atoms with Crippen LogP contribution in [0, 0.1) is 23.3 Å². The van der Waals surface area contributed by atoms with Crippen LogP contribution in [-0.4, -0.2) is 49.8 Å². The van der Waals surface area contributed by atoms with E-state index in [0.29, 0.717) is 24.7 Å². The lowest BCUT2D eigenvalue weighted by molar-refractivity contribution is -0.117. The van der Waals surface area contributed by atoms with Gasteiger partial charge < -0.3 is 16.4 Å². The molecular formula is C34H33ClF4N4O3S. The van der Waals surface area contributed by atoms with Gasteiger partial charge >= 0.3 is 0 Å². The van der Waals surface area contributed by atoms with Gasteiger partial charge in [-0.05, 0) is 79.4 Å². The van der Waals surface area contributed by atoms with Crippen molar-refractivity contribution < 1.29 is 30.8 Å². The zero-order valence-corrected chi connectivity index (χ0v) is 26.8. The number of carbonyl (C=O) groups is 1. The average molecular weight is 689 g/mol. The van der Waals surface area contributed by atoms with E-state index in [0.717, 1.165) is 24.3 Å². The van der Waals surface area contributed by atoms with Crippen LogP contribution in [0.25, 0.3) is 0 Å². The lowest BCUT2D eigenvalue weighted by Gasteiger charge is -2.40. The first-order chi connectivity index (χ1) is 22.4. The van der Waals surface area contributed by atoms with Gasteiger partial charge in [0.1, 0.15) is 28.2 Å². The number of nitrogens with one attached hydrogen (secondary N) is 2. The summed E-state index contributed by atoms with van der Waals surface area (Å²) in [6.07, 6.45) is 0.235. The van der Waals surface area contributed by atoms with Gasteiger partial charge in [-0.1, -0.05) is 41.9 Å². The number of piperazine rings is 1. The summed E-state index contributed by atoms with van der Waals surface area (Å²) in [5.41, 5.74) is 7.01.